The zero-order chi connectivity index (χ0) is 28.6. The molecule has 7 nitrogen and oxygen atoms in total. The minimum atomic E-state index is -4.02. The van der Waals surface area contributed by atoms with E-state index in [1.165, 1.54) is 41.3 Å². The molecule has 1 atom stereocenters. The molecule has 0 bridgehead atoms. The van der Waals surface area contributed by atoms with Crippen molar-refractivity contribution in [3.8, 4) is 0 Å². The molecular formula is C28H30Cl2FN3O4S. The van der Waals surface area contributed by atoms with E-state index in [0.717, 1.165) is 16.1 Å². The van der Waals surface area contributed by atoms with Crippen LogP contribution in [-0.2, 0) is 32.6 Å². The SMILES string of the molecule is CCCNC(=O)C(Cc1ccccc1)N(Cc1ccccc1F)C(=O)CN(c1cccc(Cl)c1Cl)S(C)(=O)=O. The van der Waals surface area contributed by atoms with E-state index in [1.54, 1.807) is 6.07 Å². The highest BCUT2D eigenvalue weighted by atomic mass is 35.5. The van der Waals surface area contributed by atoms with Crippen LogP contribution in [0.2, 0.25) is 10.0 Å². The summed E-state index contributed by atoms with van der Waals surface area (Å²) in [7, 11) is -4.02. The Kier molecular flexibility index (Phi) is 10.7. The van der Waals surface area contributed by atoms with Crippen LogP contribution in [0.3, 0.4) is 0 Å². The van der Waals surface area contributed by atoms with E-state index >= 15 is 0 Å². The largest absolute Gasteiger partial charge is 0.354 e. The molecule has 3 aromatic carbocycles. The van der Waals surface area contributed by atoms with Crippen molar-refractivity contribution in [1.82, 2.24) is 10.2 Å². The zero-order valence-corrected chi connectivity index (χ0v) is 23.9. The first kappa shape index (κ1) is 30.4. The summed E-state index contributed by atoms with van der Waals surface area (Å²) in [5, 5.41) is 2.89. The van der Waals surface area contributed by atoms with Gasteiger partial charge in [-0.3, -0.25) is 13.9 Å². The molecule has 0 aliphatic heterocycles. The zero-order valence-electron chi connectivity index (χ0n) is 21.6. The van der Waals surface area contributed by atoms with E-state index < -0.39 is 40.2 Å². The highest BCUT2D eigenvalue weighted by Gasteiger charge is 2.34. The second-order valence-corrected chi connectivity index (χ2v) is 11.6. The van der Waals surface area contributed by atoms with Gasteiger partial charge < -0.3 is 10.2 Å². The van der Waals surface area contributed by atoms with E-state index in [-0.39, 0.29) is 34.3 Å². The van der Waals surface area contributed by atoms with E-state index in [1.807, 2.05) is 37.3 Å². The summed E-state index contributed by atoms with van der Waals surface area (Å²) >= 11 is 12.4. The van der Waals surface area contributed by atoms with Crippen molar-refractivity contribution in [2.75, 3.05) is 23.7 Å². The number of nitrogens with zero attached hydrogens (tertiary/aromatic N) is 2. The molecule has 39 heavy (non-hydrogen) atoms. The van der Waals surface area contributed by atoms with Crippen molar-refractivity contribution >= 4 is 50.7 Å². The minimum absolute atomic E-state index is 0.0147. The number of anilines is 1. The Bertz CT molecular complexity index is 1410. The summed E-state index contributed by atoms with van der Waals surface area (Å²) in [5.41, 5.74) is 0.970. The number of carbonyl (C=O) groups is 2. The Balaban J connectivity index is 2.08. The minimum Gasteiger partial charge on any atom is -0.354 e. The molecule has 3 rings (SSSR count). The molecule has 0 spiro atoms. The van der Waals surface area contributed by atoms with Gasteiger partial charge in [0, 0.05) is 25.1 Å². The van der Waals surface area contributed by atoms with Crippen LogP contribution in [0, 0.1) is 5.82 Å². The molecule has 0 aromatic heterocycles. The van der Waals surface area contributed by atoms with Gasteiger partial charge in [0.15, 0.2) is 0 Å². The fourth-order valence-corrected chi connectivity index (χ4v) is 5.31. The molecule has 0 saturated heterocycles. The van der Waals surface area contributed by atoms with Gasteiger partial charge in [0.2, 0.25) is 21.8 Å². The van der Waals surface area contributed by atoms with Crippen LogP contribution in [-0.4, -0.2) is 50.5 Å². The molecule has 0 saturated carbocycles. The number of rotatable bonds is 12. The lowest BCUT2D eigenvalue weighted by Gasteiger charge is -2.33. The lowest BCUT2D eigenvalue weighted by molar-refractivity contribution is -0.140. The maximum absolute atomic E-state index is 14.7. The Morgan fingerprint density at radius 3 is 2.28 bits per heavy atom. The van der Waals surface area contributed by atoms with Gasteiger partial charge in [-0.1, -0.05) is 84.7 Å². The van der Waals surface area contributed by atoms with Gasteiger partial charge in [-0.2, -0.15) is 0 Å². The van der Waals surface area contributed by atoms with Crippen molar-refractivity contribution in [3.63, 3.8) is 0 Å². The average molecular weight is 595 g/mol. The first-order chi connectivity index (χ1) is 18.5. The monoisotopic (exact) mass is 593 g/mol. The molecule has 0 heterocycles. The van der Waals surface area contributed by atoms with Gasteiger partial charge in [-0.25, -0.2) is 12.8 Å². The van der Waals surface area contributed by atoms with Gasteiger partial charge in [0.1, 0.15) is 18.4 Å². The predicted molar refractivity (Wildman–Crippen MR) is 153 cm³/mol. The molecule has 0 aliphatic carbocycles. The normalized spacial score (nSPS) is 12.0. The van der Waals surface area contributed by atoms with Crippen LogP contribution in [0.25, 0.3) is 0 Å². The standard InChI is InChI=1S/C28H30Cl2FN3O4S/c1-3-16-32-28(36)25(17-20-10-5-4-6-11-20)33(18-21-12-7-8-14-23(21)31)26(35)19-34(39(2,37)38)24-15-9-13-22(29)27(24)30/h4-15,25H,3,16-19H2,1-2H3,(H,32,36). The fraction of sp³-hybridized carbons (Fsp3) is 0.286. The lowest BCUT2D eigenvalue weighted by Crippen LogP contribution is -2.53. The van der Waals surface area contributed by atoms with Crippen LogP contribution in [0.4, 0.5) is 10.1 Å². The van der Waals surface area contributed by atoms with Crippen LogP contribution in [0.15, 0.2) is 72.8 Å². The summed E-state index contributed by atoms with van der Waals surface area (Å²) in [6.07, 6.45) is 1.74. The highest BCUT2D eigenvalue weighted by Crippen LogP contribution is 2.34. The molecule has 208 valence electrons. The third-order valence-electron chi connectivity index (χ3n) is 6.00. The second-order valence-electron chi connectivity index (χ2n) is 8.95. The first-order valence-corrected chi connectivity index (χ1v) is 14.9. The van der Waals surface area contributed by atoms with Gasteiger partial charge in [-0.05, 0) is 30.2 Å². The number of carbonyl (C=O) groups excluding carboxylic acids is 2. The number of hydrogen-bond donors (Lipinski definition) is 1. The van der Waals surface area contributed by atoms with Crippen LogP contribution < -0.4 is 9.62 Å². The second kappa shape index (κ2) is 13.8. The predicted octanol–water partition coefficient (Wildman–Crippen LogP) is 5.06. The molecular weight excluding hydrogens is 564 g/mol. The van der Waals surface area contributed by atoms with E-state index in [2.05, 4.69) is 5.32 Å². The number of hydrogen-bond acceptors (Lipinski definition) is 4. The van der Waals surface area contributed by atoms with Crippen LogP contribution in [0.1, 0.15) is 24.5 Å². The summed E-state index contributed by atoms with van der Waals surface area (Å²) in [5.74, 6) is -1.70. The van der Waals surface area contributed by atoms with Gasteiger partial charge in [-0.15, -0.1) is 0 Å². The van der Waals surface area contributed by atoms with Crippen molar-refractivity contribution < 1.29 is 22.4 Å². The van der Waals surface area contributed by atoms with Crippen LogP contribution in [0.5, 0.6) is 0 Å². The van der Waals surface area contributed by atoms with Gasteiger partial charge >= 0.3 is 0 Å². The maximum atomic E-state index is 14.7. The maximum Gasteiger partial charge on any atom is 0.244 e. The molecule has 1 unspecified atom stereocenters. The quantitative estimate of drug-likeness (QED) is 0.318. The van der Waals surface area contributed by atoms with E-state index in [9.17, 15) is 22.4 Å². The van der Waals surface area contributed by atoms with E-state index in [0.29, 0.717) is 13.0 Å². The van der Waals surface area contributed by atoms with E-state index in [4.69, 9.17) is 23.2 Å². The number of halogens is 3. The van der Waals surface area contributed by atoms with Crippen molar-refractivity contribution in [2.24, 2.45) is 0 Å². The molecule has 3 aromatic rings. The van der Waals surface area contributed by atoms with Gasteiger partial charge in [0.25, 0.3) is 0 Å². The Morgan fingerprint density at radius 2 is 1.64 bits per heavy atom. The topological polar surface area (TPSA) is 86.8 Å². The lowest BCUT2D eigenvalue weighted by atomic mass is 10.0. The highest BCUT2D eigenvalue weighted by molar-refractivity contribution is 7.92. The Labute approximate surface area is 238 Å². The Hall–Kier alpha value is -3.14. The Morgan fingerprint density at radius 1 is 0.974 bits per heavy atom. The molecule has 2 amide bonds. The molecule has 11 heteroatoms. The first-order valence-electron chi connectivity index (χ1n) is 12.3. The summed E-state index contributed by atoms with van der Waals surface area (Å²) in [4.78, 5) is 28.6. The molecule has 0 radical (unpaired) electrons. The number of benzene rings is 3. The average Bonchev–Trinajstić information content (AvgIpc) is 2.90. The number of nitrogens with one attached hydrogen (secondary N) is 1. The molecule has 1 N–H and O–H groups in total. The number of sulfonamides is 1. The fourth-order valence-electron chi connectivity index (χ4n) is 4.01. The van der Waals surface area contributed by atoms with Gasteiger partial charge in [0.05, 0.1) is 22.0 Å². The third kappa shape index (κ3) is 8.17. The molecule has 0 aliphatic rings. The summed E-state index contributed by atoms with van der Waals surface area (Å²) in [6, 6.07) is 18.4. The summed E-state index contributed by atoms with van der Waals surface area (Å²) in [6.45, 7) is 1.33. The van der Waals surface area contributed by atoms with Crippen molar-refractivity contribution in [1.29, 1.82) is 0 Å². The number of amides is 2. The smallest absolute Gasteiger partial charge is 0.244 e. The van der Waals surface area contributed by atoms with Crippen LogP contribution >= 0.6 is 23.2 Å². The van der Waals surface area contributed by atoms with Crippen molar-refractivity contribution in [3.05, 3.63) is 99.8 Å². The third-order valence-corrected chi connectivity index (χ3v) is 7.93. The summed E-state index contributed by atoms with van der Waals surface area (Å²) < 4.78 is 41.2. The molecule has 0 fully saturated rings. The van der Waals surface area contributed by atoms with Crippen molar-refractivity contribution in [2.45, 2.75) is 32.4 Å².